The van der Waals surface area contributed by atoms with Gasteiger partial charge in [-0.2, -0.15) is 0 Å². The molecular formula is C12H22N2O5. The molecule has 1 saturated carbocycles. The number of carboxylic acid groups (broad SMARTS) is 1. The summed E-state index contributed by atoms with van der Waals surface area (Å²) < 4.78 is 10.0. The van der Waals surface area contributed by atoms with Gasteiger partial charge in [0.1, 0.15) is 0 Å². The molecule has 19 heavy (non-hydrogen) atoms. The van der Waals surface area contributed by atoms with Crippen LogP contribution in [0.5, 0.6) is 0 Å². The van der Waals surface area contributed by atoms with E-state index in [-0.39, 0.29) is 12.1 Å². The van der Waals surface area contributed by atoms with E-state index in [1.165, 1.54) is 0 Å². The van der Waals surface area contributed by atoms with Gasteiger partial charge < -0.3 is 25.2 Å². The number of urea groups is 1. The molecule has 7 nitrogen and oxygen atoms in total. The van der Waals surface area contributed by atoms with Crippen molar-refractivity contribution < 1.29 is 24.2 Å². The van der Waals surface area contributed by atoms with Crippen molar-refractivity contribution in [3.05, 3.63) is 0 Å². The third kappa shape index (κ3) is 5.89. The molecule has 1 aliphatic carbocycles. The highest BCUT2D eigenvalue weighted by Gasteiger charge is 2.33. The summed E-state index contributed by atoms with van der Waals surface area (Å²) in [7, 11) is 1.59. The summed E-state index contributed by atoms with van der Waals surface area (Å²) in [4.78, 5) is 22.5. The quantitative estimate of drug-likeness (QED) is 0.549. The lowest BCUT2D eigenvalue weighted by molar-refractivity contribution is -0.142. The molecule has 2 atom stereocenters. The highest BCUT2D eigenvalue weighted by atomic mass is 16.5. The van der Waals surface area contributed by atoms with Gasteiger partial charge in [-0.25, -0.2) is 4.79 Å². The summed E-state index contributed by atoms with van der Waals surface area (Å²) in [5, 5.41) is 14.3. The normalized spacial score (nSPS) is 22.2. The lowest BCUT2D eigenvalue weighted by Gasteiger charge is -2.17. The van der Waals surface area contributed by atoms with Crippen LogP contribution in [0.4, 0.5) is 4.79 Å². The first kappa shape index (κ1) is 15.7. The van der Waals surface area contributed by atoms with Crippen LogP contribution in [0.3, 0.4) is 0 Å². The Labute approximate surface area is 112 Å². The molecule has 2 amide bonds. The van der Waals surface area contributed by atoms with Gasteiger partial charge in [-0.1, -0.05) is 6.42 Å². The maximum absolute atomic E-state index is 11.6. The number of rotatable bonds is 8. The van der Waals surface area contributed by atoms with Crippen molar-refractivity contribution in [1.82, 2.24) is 10.6 Å². The van der Waals surface area contributed by atoms with Gasteiger partial charge in [0, 0.05) is 19.7 Å². The van der Waals surface area contributed by atoms with Gasteiger partial charge >= 0.3 is 12.0 Å². The number of ether oxygens (including phenoxy) is 2. The molecule has 0 aromatic carbocycles. The van der Waals surface area contributed by atoms with Crippen LogP contribution in [-0.2, 0) is 14.3 Å². The first-order chi connectivity index (χ1) is 9.15. The van der Waals surface area contributed by atoms with Crippen LogP contribution in [0.25, 0.3) is 0 Å². The summed E-state index contributed by atoms with van der Waals surface area (Å²) in [6.07, 6.45) is 2.18. The monoisotopic (exact) mass is 274 g/mol. The van der Waals surface area contributed by atoms with Gasteiger partial charge in [-0.05, 0) is 12.8 Å². The number of nitrogens with one attached hydrogen (secondary N) is 2. The minimum absolute atomic E-state index is 0.271. The third-order valence-electron chi connectivity index (χ3n) is 3.11. The number of hydrogen-bond acceptors (Lipinski definition) is 4. The molecule has 1 fully saturated rings. The van der Waals surface area contributed by atoms with E-state index in [2.05, 4.69) is 10.6 Å². The number of aliphatic carboxylic acids is 1. The Hall–Kier alpha value is -1.34. The lowest BCUT2D eigenvalue weighted by Crippen LogP contribution is -2.46. The van der Waals surface area contributed by atoms with Crippen molar-refractivity contribution >= 4 is 12.0 Å². The standard InChI is InChI=1S/C12H22N2O5/c1-18-7-8-19-6-5-13-12(17)14-10-4-2-3-9(10)11(15)16/h9-10H,2-8H2,1H3,(H,15,16)(H2,13,14,17). The molecule has 1 aliphatic rings. The van der Waals surface area contributed by atoms with Gasteiger partial charge in [-0.15, -0.1) is 0 Å². The molecule has 0 spiro atoms. The predicted octanol–water partition coefficient (Wildman–Crippen LogP) is 0.202. The molecule has 110 valence electrons. The van der Waals surface area contributed by atoms with Crippen LogP contribution in [0.2, 0.25) is 0 Å². The van der Waals surface area contributed by atoms with Gasteiger partial charge in [0.05, 0.1) is 25.7 Å². The summed E-state index contributed by atoms with van der Waals surface area (Å²) in [6, 6.07) is -0.611. The Morgan fingerprint density at radius 1 is 1.26 bits per heavy atom. The van der Waals surface area contributed by atoms with Crippen LogP contribution in [0, 0.1) is 5.92 Å². The highest BCUT2D eigenvalue weighted by Crippen LogP contribution is 2.25. The fraction of sp³-hybridized carbons (Fsp3) is 0.833. The third-order valence-corrected chi connectivity index (χ3v) is 3.11. The molecule has 0 aromatic rings. The number of hydrogen-bond donors (Lipinski definition) is 3. The minimum Gasteiger partial charge on any atom is -0.481 e. The van der Waals surface area contributed by atoms with E-state index in [1.807, 2.05) is 0 Å². The fourth-order valence-corrected chi connectivity index (χ4v) is 2.13. The van der Waals surface area contributed by atoms with Crippen molar-refractivity contribution in [2.75, 3.05) is 33.5 Å². The lowest BCUT2D eigenvalue weighted by atomic mass is 10.0. The van der Waals surface area contributed by atoms with Crippen LogP contribution in [0.15, 0.2) is 0 Å². The molecule has 0 bridgehead atoms. The van der Waals surface area contributed by atoms with Gasteiger partial charge in [0.25, 0.3) is 0 Å². The smallest absolute Gasteiger partial charge is 0.315 e. The number of carbonyl (C=O) groups excluding carboxylic acids is 1. The Kier molecular flexibility index (Phi) is 7.20. The zero-order valence-electron chi connectivity index (χ0n) is 11.2. The Balaban J connectivity index is 2.12. The molecule has 0 aliphatic heterocycles. The summed E-state index contributed by atoms with van der Waals surface area (Å²) in [5.74, 6) is -1.31. The van der Waals surface area contributed by atoms with Crippen LogP contribution in [0.1, 0.15) is 19.3 Å². The maximum atomic E-state index is 11.6. The fourth-order valence-electron chi connectivity index (χ4n) is 2.13. The van der Waals surface area contributed by atoms with Gasteiger partial charge in [0.15, 0.2) is 0 Å². The molecule has 0 radical (unpaired) electrons. The molecule has 0 aromatic heterocycles. The van der Waals surface area contributed by atoms with E-state index < -0.39 is 11.9 Å². The number of methoxy groups -OCH3 is 1. The summed E-state index contributed by atoms with van der Waals surface area (Å²) >= 11 is 0. The number of carboxylic acids is 1. The van der Waals surface area contributed by atoms with E-state index in [9.17, 15) is 9.59 Å². The van der Waals surface area contributed by atoms with Crippen LogP contribution in [-0.4, -0.2) is 56.6 Å². The topological polar surface area (TPSA) is 96.9 Å². The Bertz CT molecular complexity index is 298. The average molecular weight is 274 g/mol. The van der Waals surface area contributed by atoms with E-state index in [4.69, 9.17) is 14.6 Å². The largest absolute Gasteiger partial charge is 0.481 e. The molecule has 0 heterocycles. The molecule has 1 rings (SSSR count). The maximum Gasteiger partial charge on any atom is 0.315 e. The van der Waals surface area contributed by atoms with Crippen molar-refractivity contribution in [1.29, 1.82) is 0 Å². The summed E-state index contributed by atoms with van der Waals surface area (Å²) in [5.41, 5.74) is 0. The number of amides is 2. The Morgan fingerprint density at radius 3 is 2.74 bits per heavy atom. The van der Waals surface area contributed by atoms with E-state index in [0.29, 0.717) is 39.2 Å². The zero-order chi connectivity index (χ0) is 14.1. The number of carbonyl (C=O) groups is 2. The molecular weight excluding hydrogens is 252 g/mol. The van der Waals surface area contributed by atoms with Crippen LogP contribution >= 0.6 is 0 Å². The van der Waals surface area contributed by atoms with Crippen molar-refractivity contribution in [2.24, 2.45) is 5.92 Å². The van der Waals surface area contributed by atoms with Crippen molar-refractivity contribution in [3.63, 3.8) is 0 Å². The SMILES string of the molecule is COCCOCCNC(=O)NC1CCCC1C(=O)O. The van der Waals surface area contributed by atoms with E-state index in [0.717, 1.165) is 6.42 Å². The molecule has 2 unspecified atom stereocenters. The molecule has 0 saturated heterocycles. The predicted molar refractivity (Wildman–Crippen MR) is 68.0 cm³/mol. The second-order valence-corrected chi connectivity index (χ2v) is 4.49. The highest BCUT2D eigenvalue weighted by molar-refractivity contribution is 5.76. The van der Waals surface area contributed by atoms with Crippen LogP contribution < -0.4 is 10.6 Å². The first-order valence-corrected chi connectivity index (χ1v) is 6.49. The van der Waals surface area contributed by atoms with Crippen molar-refractivity contribution in [3.8, 4) is 0 Å². The molecule has 7 heteroatoms. The average Bonchev–Trinajstić information content (AvgIpc) is 2.81. The van der Waals surface area contributed by atoms with Gasteiger partial charge in [-0.3, -0.25) is 4.79 Å². The second kappa shape index (κ2) is 8.71. The Morgan fingerprint density at radius 2 is 2.05 bits per heavy atom. The minimum atomic E-state index is -0.842. The summed E-state index contributed by atoms with van der Waals surface area (Å²) in [6.45, 7) is 1.81. The van der Waals surface area contributed by atoms with E-state index in [1.54, 1.807) is 7.11 Å². The molecule has 3 N–H and O–H groups in total. The van der Waals surface area contributed by atoms with E-state index >= 15 is 0 Å². The second-order valence-electron chi connectivity index (χ2n) is 4.49. The first-order valence-electron chi connectivity index (χ1n) is 6.49. The zero-order valence-corrected chi connectivity index (χ0v) is 11.2. The van der Waals surface area contributed by atoms with Crippen molar-refractivity contribution in [2.45, 2.75) is 25.3 Å². The van der Waals surface area contributed by atoms with Gasteiger partial charge in [0.2, 0.25) is 0 Å².